The lowest BCUT2D eigenvalue weighted by Gasteiger charge is -2.36. The quantitative estimate of drug-likeness (QED) is 0.702. The molecule has 0 N–H and O–H groups in total. The topological polar surface area (TPSA) is 9.23 Å². The van der Waals surface area contributed by atoms with E-state index in [1.807, 2.05) is 0 Å². The van der Waals surface area contributed by atoms with Crippen molar-refractivity contribution in [2.24, 2.45) is 0 Å². The fraction of sp³-hybridized carbons (Fsp3) is 0.818. The summed E-state index contributed by atoms with van der Waals surface area (Å²) >= 11 is 0. The Morgan fingerprint density at radius 3 is 2.59 bits per heavy atom. The van der Waals surface area contributed by atoms with E-state index in [-0.39, 0.29) is 11.3 Å². The van der Waals surface area contributed by atoms with Gasteiger partial charge in [0, 0.05) is 28.5 Å². The van der Waals surface area contributed by atoms with Gasteiger partial charge < -0.3 is 4.74 Å². The van der Waals surface area contributed by atoms with Gasteiger partial charge in [-0.05, 0) is 31.4 Å². The lowest BCUT2D eigenvalue weighted by atomic mass is 10.1. The molecule has 1 aliphatic rings. The van der Waals surface area contributed by atoms with Gasteiger partial charge in [-0.3, -0.25) is 0 Å². The normalized spacial score (nSPS) is 27.9. The highest BCUT2D eigenvalue weighted by Crippen LogP contribution is 2.30. The second-order valence-electron chi connectivity index (χ2n) is 5.11. The monoisotopic (exact) mass is 282 g/mol. The van der Waals surface area contributed by atoms with Crippen molar-refractivity contribution in [1.82, 2.24) is 0 Å². The molecular weight excluding hydrogens is 261 g/mol. The van der Waals surface area contributed by atoms with Crippen molar-refractivity contribution in [3.63, 3.8) is 0 Å². The minimum atomic E-state index is -4.03. The standard InChI is InChI=1S/C11H21F3OSi2/c1-2-17(8-6-11(12,13)14)9-10(16)5-3-4-7-15-10/h2,17H,1,3-9H2,16H3. The number of alkyl halides is 3. The second-order valence-corrected chi connectivity index (χ2v) is 9.91. The molecule has 2 atom stereocenters. The maximum absolute atomic E-state index is 12.2. The third kappa shape index (κ3) is 5.87. The first-order chi connectivity index (χ1) is 7.85. The number of hydrogen-bond donors (Lipinski definition) is 0. The van der Waals surface area contributed by atoms with Crippen LogP contribution in [0.3, 0.4) is 0 Å². The Kier molecular flexibility index (Phi) is 5.46. The van der Waals surface area contributed by atoms with Crippen LogP contribution in [-0.2, 0) is 4.74 Å². The fourth-order valence-corrected chi connectivity index (χ4v) is 7.23. The molecule has 0 aliphatic carbocycles. The van der Waals surface area contributed by atoms with Crippen LogP contribution in [0.4, 0.5) is 13.2 Å². The first-order valence-corrected chi connectivity index (χ1v) is 9.48. The van der Waals surface area contributed by atoms with Crippen molar-refractivity contribution in [3.05, 3.63) is 12.3 Å². The van der Waals surface area contributed by atoms with Crippen LogP contribution in [0.25, 0.3) is 0 Å². The SMILES string of the molecule is C=C[SiH](CCC(F)(F)F)CC1([SiH3])CCCCO1. The summed E-state index contributed by atoms with van der Waals surface area (Å²) in [4.78, 5) is 0. The van der Waals surface area contributed by atoms with E-state index in [0.29, 0.717) is 0 Å². The molecule has 0 saturated carbocycles. The first kappa shape index (κ1) is 15.0. The Bertz CT molecular complexity index is 250. The summed E-state index contributed by atoms with van der Waals surface area (Å²) in [6.07, 6.45) is -1.41. The van der Waals surface area contributed by atoms with E-state index in [0.717, 1.165) is 42.2 Å². The van der Waals surface area contributed by atoms with Gasteiger partial charge in [0.15, 0.2) is 0 Å². The zero-order valence-corrected chi connectivity index (χ0v) is 13.5. The van der Waals surface area contributed by atoms with Crippen molar-refractivity contribution in [3.8, 4) is 0 Å². The van der Waals surface area contributed by atoms with Gasteiger partial charge in [-0.15, -0.1) is 12.3 Å². The van der Waals surface area contributed by atoms with Crippen molar-refractivity contribution in [1.29, 1.82) is 0 Å². The molecule has 17 heavy (non-hydrogen) atoms. The molecule has 1 heterocycles. The van der Waals surface area contributed by atoms with Crippen LogP contribution in [0.2, 0.25) is 12.1 Å². The van der Waals surface area contributed by atoms with Gasteiger partial charge in [0.25, 0.3) is 0 Å². The van der Waals surface area contributed by atoms with Gasteiger partial charge in [0.1, 0.15) is 0 Å². The predicted octanol–water partition coefficient (Wildman–Crippen LogP) is 2.15. The van der Waals surface area contributed by atoms with Crippen LogP contribution in [0, 0.1) is 0 Å². The van der Waals surface area contributed by atoms with Crippen LogP contribution in [-0.4, -0.2) is 37.0 Å². The minimum absolute atomic E-state index is 0.0606. The van der Waals surface area contributed by atoms with Gasteiger partial charge in [0.2, 0.25) is 0 Å². The highest BCUT2D eigenvalue weighted by molar-refractivity contribution is 6.65. The molecule has 0 radical (unpaired) electrons. The molecule has 1 saturated heterocycles. The summed E-state index contributed by atoms with van der Waals surface area (Å²) in [5.74, 6) is 0. The Balaban J connectivity index is 2.42. The Labute approximate surface area is 105 Å². The highest BCUT2D eigenvalue weighted by Gasteiger charge is 2.33. The molecule has 1 aliphatic heterocycles. The maximum Gasteiger partial charge on any atom is 0.388 e. The summed E-state index contributed by atoms with van der Waals surface area (Å²) in [6, 6.07) is 1.12. The number of rotatable bonds is 5. The van der Waals surface area contributed by atoms with E-state index >= 15 is 0 Å². The predicted molar refractivity (Wildman–Crippen MR) is 70.1 cm³/mol. The lowest BCUT2D eigenvalue weighted by molar-refractivity contribution is -0.130. The second kappa shape index (κ2) is 6.20. The molecule has 1 nitrogen and oxygen atoms in total. The summed E-state index contributed by atoms with van der Waals surface area (Å²) in [7, 11) is -0.587. The molecule has 1 fully saturated rings. The zero-order chi connectivity index (χ0) is 12.9. The van der Waals surface area contributed by atoms with E-state index in [1.54, 1.807) is 5.70 Å². The maximum atomic E-state index is 12.2. The number of halogens is 3. The average molecular weight is 282 g/mol. The molecular formula is C11H21F3OSi2. The van der Waals surface area contributed by atoms with E-state index in [9.17, 15) is 13.2 Å². The minimum Gasteiger partial charge on any atom is -0.380 e. The summed E-state index contributed by atoms with van der Waals surface area (Å²) in [6.45, 7) is 4.49. The average Bonchev–Trinajstić information content (AvgIpc) is 2.24. The van der Waals surface area contributed by atoms with Crippen molar-refractivity contribution in [2.75, 3.05) is 6.61 Å². The van der Waals surface area contributed by atoms with Gasteiger partial charge >= 0.3 is 6.18 Å². The van der Waals surface area contributed by atoms with Crippen LogP contribution >= 0.6 is 0 Å². The molecule has 1 rings (SSSR count). The van der Waals surface area contributed by atoms with Crippen LogP contribution < -0.4 is 0 Å². The molecule has 0 aromatic rings. The fourth-order valence-electron chi connectivity index (χ4n) is 2.36. The molecule has 0 spiro atoms. The van der Waals surface area contributed by atoms with Gasteiger partial charge in [-0.1, -0.05) is 0 Å². The Morgan fingerprint density at radius 2 is 2.12 bits per heavy atom. The van der Waals surface area contributed by atoms with Crippen molar-refractivity contribution >= 4 is 19.0 Å². The lowest BCUT2D eigenvalue weighted by Crippen LogP contribution is -2.40. The van der Waals surface area contributed by atoms with Crippen LogP contribution in [0.1, 0.15) is 25.7 Å². The van der Waals surface area contributed by atoms with Crippen LogP contribution in [0.15, 0.2) is 12.3 Å². The Hall–Kier alpha value is -0.0762. The Morgan fingerprint density at radius 1 is 1.41 bits per heavy atom. The van der Waals surface area contributed by atoms with Gasteiger partial charge in [0.05, 0.1) is 8.80 Å². The smallest absolute Gasteiger partial charge is 0.380 e. The third-order valence-electron chi connectivity index (χ3n) is 3.38. The van der Waals surface area contributed by atoms with E-state index in [1.165, 1.54) is 0 Å². The molecule has 0 bridgehead atoms. The molecule has 100 valence electrons. The summed E-state index contributed by atoms with van der Waals surface area (Å²) in [5, 5.41) is -0.0606. The highest BCUT2D eigenvalue weighted by atomic mass is 28.3. The summed E-state index contributed by atoms with van der Waals surface area (Å²) in [5.41, 5.74) is 1.79. The van der Waals surface area contributed by atoms with Crippen molar-refractivity contribution in [2.45, 2.75) is 49.2 Å². The van der Waals surface area contributed by atoms with E-state index < -0.39 is 21.4 Å². The van der Waals surface area contributed by atoms with Crippen LogP contribution in [0.5, 0.6) is 0 Å². The van der Waals surface area contributed by atoms with E-state index in [4.69, 9.17) is 4.74 Å². The molecule has 0 amide bonds. The molecule has 2 unspecified atom stereocenters. The first-order valence-electron chi connectivity index (χ1n) is 6.18. The number of ether oxygens (including phenoxy) is 1. The molecule has 0 aromatic carbocycles. The molecule has 0 aromatic heterocycles. The van der Waals surface area contributed by atoms with Gasteiger partial charge in [-0.25, -0.2) is 0 Å². The zero-order valence-electron chi connectivity index (χ0n) is 10.4. The third-order valence-corrected chi connectivity index (χ3v) is 8.47. The van der Waals surface area contributed by atoms with Crippen molar-refractivity contribution < 1.29 is 17.9 Å². The summed E-state index contributed by atoms with van der Waals surface area (Å²) < 4.78 is 42.4. The number of hydrogen-bond acceptors (Lipinski definition) is 1. The van der Waals surface area contributed by atoms with E-state index in [2.05, 4.69) is 6.58 Å². The van der Waals surface area contributed by atoms with Gasteiger partial charge in [-0.2, -0.15) is 13.2 Å². The molecule has 6 heteroatoms. The largest absolute Gasteiger partial charge is 0.388 e.